The van der Waals surface area contributed by atoms with Gasteiger partial charge in [-0.3, -0.25) is 5.84 Å². The minimum atomic E-state index is -0.268. The summed E-state index contributed by atoms with van der Waals surface area (Å²) in [6.45, 7) is 1.86. The maximum atomic E-state index is 12.8. The summed E-state index contributed by atoms with van der Waals surface area (Å²) in [4.78, 5) is 0. The summed E-state index contributed by atoms with van der Waals surface area (Å²) in [5, 5.41) is 0. The molecule has 3 N–H and O–H groups in total. The highest BCUT2D eigenvalue weighted by Crippen LogP contribution is 2.23. The van der Waals surface area contributed by atoms with E-state index in [-0.39, 0.29) is 11.9 Å². The second-order valence-electron chi connectivity index (χ2n) is 3.60. The molecule has 0 fully saturated rings. The zero-order valence-corrected chi connectivity index (χ0v) is 8.91. The summed E-state index contributed by atoms with van der Waals surface area (Å²) in [5.41, 5.74) is 3.51. The Bertz CT molecular complexity index is 464. The number of furan rings is 1. The fraction of sp³-hybridized carbons (Fsp3) is 0.167. The SMILES string of the molecule is Cc1ccc(C(NN)c2ccc(F)cc2)o1. The van der Waals surface area contributed by atoms with Gasteiger partial charge in [0.05, 0.1) is 0 Å². The minimum Gasteiger partial charge on any atom is -0.464 e. The molecule has 0 aliphatic heterocycles. The molecule has 0 spiro atoms. The second-order valence-corrected chi connectivity index (χ2v) is 3.60. The van der Waals surface area contributed by atoms with Gasteiger partial charge in [0, 0.05) is 0 Å². The summed E-state index contributed by atoms with van der Waals surface area (Å²) < 4.78 is 18.3. The van der Waals surface area contributed by atoms with Gasteiger partial charge in [0.1, 0.15) is 23.4 Å². The number of rotatable bonds is 3. The number of hydrazine groups is 1. The van der Waals surface area contributed by atoms with Crippen LogP contribution in [0, 0.1) is 12.7 Å². The highest BCUT2D eigenvalue weighted by Gasteiger charge is 2.15. The topological polar surface area (TPSA) is 51.2 Å². The van der Waals surface area contributed by atoms with Crippen molar-refractivity contribution in [1.29, 1.82) is 0 Å². The first-order valence-corrected chi connectivity index (χ1v) is 4.98. The van der Waals surface area contributed by atoms with Gasteiger partial charge in [0.15, 0.2) is 0 Å². The van der Waals surface area contributed by atoms with E-state index >= 15 is 0 Å². The minimum absolute atomic E-state index is 0.255. The van der Waals surface area contributed by atoms with Crippen LogP contribution in [0.15, 0.2) is 40.8 Å². The van der Waals surface area contributed by atoms with Crippen molar-refractivity contribution in [3.63, 3.8) is 0 Å². The van der Waals surface area contributed by atoms with Gasteiger partial charge >= 0.3 is 0 Å². The first-order valence-electron chi connectivity index (χ1n) is 4.98. The molecule has 3 nitrogen and oxygen atoms in total. The zero-order chi connectivity index (χ0) is 11.5. The van der Waals surface area contributed by atoms with Crippen molar-refractivity contribution in [3.8, 4) is 0 Å². The number of nitrogens with one attached hydrogen (secondary N) is 1. The molecule has 0 amide bonds. The van der Waals surface area contributed by atoms with E-state index in [0.29, 0.717) is 5.76 Å². The Hall–Kier alpha value is -1.65. The molecule has 0 radical (unpaired) electrons. The Morgan fingerprint density at radius 3 is 2.38 bits per heavy atom. The van der Waals surface area contributed by atoms with Crippen molar-refractivity contribution in [2.75, 3.05) is 0 Å². The Kier molecular flexibility index (Phi) is 3.03. The molecule has 4 heteroatoms. The predicted molar refractivity (Wildman–Crippen MR) is 59.0 cm³/mol. The van der Waals surface area contributed by atoms with Gasteiger partial charge in [0.25, 0.3) is 0 Å². The van der Waals surface area contributed by atoms with Crippen LogP contribution in [-0.4, -0.2) is 0 Å². The Labute approximate surface area is 93.0 Å². The quantitative estimate of drug-likeness (QED) is 0.616. The lowest BCUT2D eigenvalue weighted by molar-refractivity contribution is 0.434. The van der Waals surface area contributed by atoms with Gasteiger partial charge in [-0.1, -0.05) is 12.1 Å². The molecule has 0 aliphatic carbocycles. The van der Waals surface area contributed by atoms with Crippen molar-refractivity contribution in [1.82, 2.24) is 5.43 Å². The highest BCUT2D eigenvalue weighted by molar-refractivity contribution is 5.27. The predicted octanol–water partition coefficient (Wildman–Crippen LogP) is 2.28. The molecule has 0 saturated carbocycles. The molecular weight excluding hydrogens is 207 g/mol. The highest BCUT2D eigenvalue weighted by atomic mass is 19.1. The molecule has 0 aliphatic rings. The van der Waals surface area contributed by atoms with Crippen molar-refractivity contribution in [3.05, 3.63) is 59.3 Å². The lowest BCUT2D eigenvalue weighted by atomic mass is 10.1. The molecule has 1 aromatic carbocycles. The van der Waals surface area contributed by atoms with Gasteiger partial charge in [-0.25, -0.2) is 9.82 Å². The summed E-state index contributed by atoms with van der Waals surface area (Å²) in [7, 11) is 0. The van der Waals surface area contributed by atoms with Crippen molar-refractivity contribution >= 4 is 0 Å². The smallest absolute Gasteiger partial charge is 0.126 e. The van der Waals surface area contributed by atoms with E-state index < -0.39 is 0 Å². The number of nitrogens with two attached hydrogens (primary N) is 1. The lowest BCUT2D eigenvalue weighted by Gasteiger charge is -2.13. The van der Waals surface area contributed by atoms with E-state index in [9.17, 15) is 4.39 Å². The van der Waals surface area contributed by atoms with Gasteiger partial charge < -0.3 is 4.42 Å². The maximum absolute atomic E-state index is 12.8. The van der Waals surface area contributed by atoms with Crippen molar-refractivity contribution in [2.45, 2.75) is 13.0 Å². The molecule has 2 rings (SSSR count). The average Bonchev–Trinajstić information content (AvgIpc) is 2.69. The molecule has 0 bridgehead atoms. The summed E-state index contributed by atoms with van der Waals surface area (Å²) >= 11 is 0. The number of aryl methyl sites for hydroxylation is 1. The number of hydrogen-bond acceptors (Lipinski definition) is 3. The molecule has 1 heterocycles. The zero-order valence-electron chi connectivity index (χ0n) is 8.91. The Morgan fingerprint density at radius 1 is 1.19 bits per heavy atom. The number of halogens is 1. The normalized spacial score (nSPS) is 12.7. The fourth-order valence-corrected chi connectivity index (χ4v) is 1.61. The van der Waals surface area contributed by atoms with Gasteiger partial charge in [-0.05, 0) is 36.8 Å². The van der Waals surface area contributed by atoms with E-state index in [1.54, 1.807) is 12.1 Å². The third kappa shape index (κ3) is 2.13. The summed E-state index contributed by atoms with van der Waals surface area (Å²) in [5.74, 6) is 6.74. The van der Waals surface area contributed by atoms with Gasteiger partial charge in [0.2, 0.25) is 0 Å². The largest absolute Gasteiger partial charge is 0.464 e. The second kappa shape index (κ2) is 4.47. The van der Waals surface area contributed by atoms with Crippen molar-refractivity contribution in [2.24, 2.45) is 5.84 Å². The van der Waals surface area contributed by atoms with Gasteiger partial charge in [-0.2, -0.15) is 0 Å². The molecular formula is C12H13FN2O. The van der Waals surface area contributed by atoms with Crippen LogP contribution in [0.4, 0.5) is 4.39 Å². The van der Waals surface area contributed by atoms with E-state index in [0.717, 1.165) is 11.3 Å². The molecule has 1 aromatic heterocycles. The molecule has 1 atom stereocenters. The third-order valence-corrected chi connectivity index (χ3v) is 2.42. The maximum Gasteiger partial charge on any atom is 0.126 e. The van der Waals surface area contributed by atoms with Crippen LogP contribution in [0.5, 0.6) is 0 Å². The van der Waals surface area contributed by atoms with E-state index in [1.807, 2.05) is 19.1 Å². The van der Waals surface area contributed by atoms with E-state index in [1.165, 1.54) is 12.1 Å². The molecule has 16 heavy (non-hydrogen) atoms. The lowest BCUT2D eigenvalue weighted by Crippen LogP contribution is -2.28. The number of hydrogen-bond donors (Lipinski definition) is 2. The fourth-order valence-electron chi connectivity index (χ4n) is 1.61. The van der Waals surface area contributed by atoms with Crippen LogP contribution in [0.1, 0.15) is 23.1 Å². The van der Waals surface area contributed by atoms with Crippen LogP contribution in [0.3, 0.4) is 0 Å². The van der Waals surface area contributed by atoms with E-state index in [2.05, 4.69) is 5.43 Å². The van der Waals surface area contributed by atoms with Crippen LogP contribution in [0.2, 0.25) is 0 Å². The standard InChI is InChI=1S/C12H13FN2O/c1-8-2-7-11(16-8)12(15-14)9-3-5-10(13)6-4-9/h2-7,12,15H,14H2,1H3. The van der Waals surface area contributed by atoms with Crippen LogP contribution in [0.25, 0.3) is 0 Å². The third-order valence-electron chi connectivity index (χ3n) is 2.42. The summed E-state index contributed by atoms with van der Waals surface area (Å²) in [6, 6.07) is 9.61. The van der Waals surface area contributed by atoms with Crippen molar-refractivity contribution < 1.29 is 8.81 Å². The van der Waals surface area contributed by atoms with Crippen LogP contribution < -0.4 is 11.3 Å². The molecule has 2 aromatic rings. The number of benzene rings is 1. The molecule has 84 valence electrons. The summed E-state index contributed by atoms with van der Waals surface area (Å²) in [6.07, 6.45) is 0. The first-order chi connectivity index (χ1) is 7.70. The van der Waals surface area contributed by atoms with E-state index in [4.69, 9.17) is 10.3 Å². The monoisotopic (exact) mass is 220 g/mol. The average molecular weight is 220 g/mol. The Morgan fingerprint density at radius 2 is 1.88 bits per heavy atom. The first kappa shape index (κ1) is 10.9. The Balaban J connectivity index is 2.32. The molecule has 0 saturated heterocycles. The molecule has 1 unspecified atom stereocenters. The van der Waals surface area contributed by atoms with Crippen LogP contribution in [-0.2, 0) is 0 Å². The van der Waals surface area contributed by atoms with Crippen LogP contribution >= 0.6 is 0 Å². The van der Waals surface area contributed by atoms with Gasteiger partial charge in [-0.15, -0.1) is 0 Å².